The Morgan fingerprint density at radius 3 is 2.80 bits per heavy atom. The zero-order valence-electron chi connectivity index (χ0n) is 17.7. The molecule has 4 rings (SSSR count). The van der Waals surface area contributed by atoms with Gasteiger partial charge in [0.25, 0.3) is 0 Å². The number of aromatic nitrogens is 3. The number of nitrogens with one attached hydrogen (secondary N) is 1. The number of aryl methyl sites for hydroxylation is 3. The molecule has 30 heavy (non-hydrogen) atoms. The smallest absolute Gasteiger partial charge is 0.348 e. The lowest BCUT2D eigenvalue weighted by Crippen LogP contribution is -2.40. The molecule has 1 amide bonds. The Kier molecular flexibility index (Phi) is 5.15. The van der Waals surface area contributed by atoms with Gasteiger partial charge < -0.3 is 14.7 Å². The second-order valence-electron chi connectivity index (χ2n) is 7.78. The van der Waals surface area contributed by atoms with Gasteiger partial charge in [0.1, 0.15) is 12.3 Å². The molecule has 0 saturated heterocycles. The van der Waals surface area contributed by atoms with Gasteiger partial charge in [0.2, 0.25) is 5.91 Å². The third-order valence-electron chi connectivity index (χ3n) is 5.68. The van der Waals surface area contributed by atoms with E-state index in [1.54, 1.807) is 17.9 Å². The molecule has 156 valence electrons. The SMILES string of the molecule is Cc1cc(C)n(CC(=O)N2CCc3onc(Nc4cccc(C)c4C)c3C2)c(=O)n1. The molecule has 1 N–H and O–H groups in total. The number of carbonyl (C=O) groups is 1. The largest absolute Gasteiger partial charge is 0.359 e. The molecule has 2 aromatic heterocycles. The highest BCUT2D eigenvalue weighted by Gasteiger charge is 2.28. The van der Waals surface area contributed by atoms with Crippen LogP contribution in [0.15, 0.2) is 33.6 Å². The summed E-state index contributed by atoms with van der Waals surface area (Å²) in [5.41, 5.74) is 5.13. The first-order chi connectivity index (χ1) is 14.3. The Bertz CT molecular complexity index is 1180. The fraction of sp³-hybridized carbons (Fsp3) is 0.364. The number of anilines is 2. The second-order valence-corrected chi connectivity index (χ2v) is 7.78. The van der Waals surface area contributed by atoms with Crippen molar-refractivity contribution in [3.63, 3.8) is 0 Å². The molecule has 3 heterocycles. The monoisotopic (exact) mass is 407 g/mol. The Balaban J connectivity index is 1.54. The van der Waals surface area contributed by atoms with Crippen LogP contribution in [0.5, 0.6) is 0 Å². The lowest BCUT2D eigenvalue weighted by atomic mass is 10.1. The van der Waals surface area contributed by atoms with Crippen molar-refractivity contribution in [3.8, 4) is 0 Å². The zero-order valence-corrected chi connectivity index (χ0v) is 17.7. The van der Waals surface area contributed by atoms with E-state index in [4.69, 9.17) is 4.52 Å². The first-order valence-electron chi connectivity index (χ1n) is 9.97. The van der Waals surface area contributed by atoms with E-state index < -0.39 is 5.69 Å². The van der Waals surface area contributed by atoms with E-state index in [0.29, 0.717) is 31.0 Å². The topological polar surface area (TPSA) is 93.3 Å². The summed E-state index contributed by atoms with van der Waals surface area (Å²) < 4.78 is 6.92. The Labute approximate surface area is 174 Å². The minimum absolute atomic E-state index is 0.0295. The van der Waals surface area contributed by atoms with Gasteiger partial charge in [-0.3, -0.25) is 9.36 Å². The molecule has 0 radical (unpaired) electrons. The maximum atomic E-state index is 12.9. The van der Waals surface area contributed by atoms with E-state index >= 15 is 0 Å². The van der Waals surface area contributed by atoms with Crippen LogP contribution in [0, 0.1) is 27.7 Å². The minimum Gasteiger partial charge on any atom is -0.359 e. The van der Waals surface area contributed by atoms with Crippen LogP contribution in [-0.4, -0.2) is 32.1 Å². The van der Waals surface area contributed by atoms with Crippen LogP contribution in [0.25, 0.3) is 0 Å². The lowest BCUT2D eigenvalue weighted by molar-refractivity contribution is -0.132. The number of nitrogens with zero attached hydrogens (tertiary/aromatic N) is 4. The normalized spacial score (nSPS) is 13.3. The fourth-order valence-corrected chi connectivity index (χ4v) is 3.74. The van der Waals surface area contributed by atoms with E-state index in [1.165, 1.54) is 10.1 Å². The van der Waals surface area contributed by atoms with Crippen LogP contribution in [0.4, 0.5) is 11.5 Å². The molecule has 8 nitrogen and oxygen atoms in total. The summed E-state index contributed by atoms with van der Waals surface area (Å²) >= 11 is 0. The summed E-state index contributed by atoms with van der Waals surface area (Å²) in [5, 5.41) is 7.54. The number of rotatable bonds is 4. The van der Waals surface area contributed by atoms with Gasteiger partial charge in [0.15, 0.2) is 5.82 Å². The number of hydrogen-bond acceptors (Lipinski definition) is 6. The Hall–Kier alpha value is -3.42. The summed E-state index contributed by atoms with van der Waals surface area (Å²) in [5.74, 6) is 1.29. The van der Waals surface area contributed by atoms with Crippen molar-refractivity contribution in [2.45, 2.75) is 47.2 Å². The predicted molar refractivity (Wildman–Crippen MR) is 113 cm³/mol. The summed E-state index contributed by atoms with van der Waals surface area (Å²) in [7, 11) is 0. The second kappa shape index (κ2) is 7.78. The molecule has 0 spiro atoms. The molecule has 0 bridgehead atoms. The highest BCUT2D eigenvalue weighted by Crippen LogP contribution is 2.30. The summed E-state index contributed by atoms with van der Waals surface area (Å²) in [4.78, 5) is 30.8. The molecule has 0 saturated carbocycles. The third kappa shape index (κ3) is 3.72. The maximum absolute atomic E-state index is 12.9. The van der Waals surface area contributed by atoms with Crippen LogP contribution in [0.1, 0.15) is 33.8 Å². The quantitative estimate of drug-likeness (QED) is 0.715. The van der Waals surface area contributed by atoms with Gasteiger partial charge in [-0.15, -0.1) is 0 Å². The van der Waals surface area contributed by atoms with Crippen molar-refractivity contribution in [3.05, 3.63) is 68.6 Å². The first-order valence-corrected chi connectivity index (χ1v) is 9.97. The van der Waals surface area contributed by atoms with Crippen LogP contribution in [0.3, 0.4) is 0 Å². The molecule has 1 aromatic carbocycles. The van der Waals surface area contributed by atoms with Crippen molar-refractivity contribution < 1.29 is 9.32 Å². The van der Waals surface area contributed by atoms with E-state index in [-0.39, 0.29) is 12.5 Å². The zero-order chi connectivity index (χ0) is 21.4. The highest BCUT2D eigenvalue weighted by molar-refractivity contribution is 5.77. The number of hydrogen-bond donors (Lipinski definition) is 1. The molecule has 0 unspecified atom stereocenters. The summed E-state index contributed by atoms with van der Waals surface area (Å²) in [6.07, 6.45) is 0.586. The Morgan fingerprint density at radius 1 is 1.23 bits per heavy atom. The van der Waals surface area contributed by atoms with E-state index in [9.17, 15) is 9.59 Å². The highest BCUT2D eigenvalue weighted by atomic mass is 16.5. The van der Waals surface area contributed by atoms with Crippen molar-refractivity contribution >= 4 is 17.4 Å². The van der Waals surface area contributed by atoms with E-state index in [0.717, 1.165) is 28.3 Å². The van der Waals surface area contributed by atoms with Crippen LogP contribution >= 0.6 is 0 Å². The number of carbonyl (C=O) groups excluding carboxylic acids is 1. The van der Waals surface area contributed by atoms with Gasteiger partial charge in [0, 0.05) is 30.0 Å². The number of fused-ring (bicyclic) bond motifs is 1. The van der Waals surface area contributed by atoms with Crippen molar-refractivity contribution in [1.29, 1.82) is 0 Å². The molecule has 0 atom stereocenters. The van der Waals surface area contributed by atoms with Crippen LogP contribution in [-0.2, 0) is 24.3 Å². The number of benzene rings is 1. The van der Waals surface area contributed by atoms with Gasteiger partial charge in [-0.05, 0) is 51.0 Å². The summed E-state index contributed by atoms with van der Waals surface area (Å²) in [6.45, 7) is 8.57. The van der Waals surface area contributed by atoms with E-state index in [1.807, 2.05) is 19.1 Å². The van der Waals surface area contributed by atoms with Crippen molar-refractivity contribution in [2.24, 2.45) is 0 Å². The van der Waals surface area contributed by atoms with E-state index in [2.05, 4.69) is 35.4 Å². The van der Waals surface area contributed by atoms with Gasteiger partial charge in [-0.2, -0.15) is 4.98 Å². The van der Waals surface area contributed by atoms with Gasteiger partial charge in [0.05, 0.1) is 12.1 Å². The van der Waals surface area contributed by atoms with Gasteiger partial charge >= 0.3 is 5.69 Å². The lowest BCUT2D eigenvalue weighted by Gasteiger charge is -2.27. The molecule has 1 aliphatic rings. The molecule has 0 aliphatic carbocycles. The van der Waals surface area contributed by atoms with Crippen LogP contribution in [0.2, 0.25) is 0 Å². The molecule has 1 aliphatic heterocycles. The van der Waals surface area contributed by atoms with Crippen molar-refractivity contribution in [1.82, 2.24) is 19.6 Å². The molecule has 3 aromatic rings. The fourth-order valence-electron chi connectivity index (χ4n) is 3.74. The standard InChI is InChI=1S/C22H25N5O3/c1-13-6-5-7-18(16(13)4)24-21-17-11-26(9-8-19(17)30-25-21)20(28)12-27-15(3)10-14(2)23-22(27)29/h5-7,10H,8-9,11-12H2,1-4H3,(H,24,25). The Morgan fingerprint density at radius 2 is 2.03 bits per heavy atom. The molecular weight excluding hydrogens is 382 g/mol. The average Bonchev–Trinajstić information content (AvgIpc) is 3.10. The van der Waals surface area contributed by atoms with Crippen molar-refractivity contribution in [2.75, 3.05) is 11.9 Å². The summed E-state index contributed by atoms with van der Waals surface area (Å²) in [6, 6.07) is 7.84. The predicted octanol–water partition coefficient (Wildman–Crippen LogP) is 2.79. The third-order valence-corrected chi connectivity index (χ3v) is 5.68. The van der Waals surface area contributed by atoms with Crippen LogP contribution < -0.4 is 11.0 Å². The molecule has 0 fully saturated rings. The average molecular weight is 407 g/mol. The first kappa shape index (κ1) is 19.9. The van der Waals surface area contributed by atoms with Gasteiger partial charge in [-0.1, -0.05) is 17.3 Å². The maximum Gasteiger partial charge on any atom is 0.348 e. The van der Waals surface area contributed by atoms with Gasteiger partial charge in [-0.25, -0.2) is 4.79 Å². The molecule has 8 heteroatoms. The molecular formula is C22H25N5O3. The minimum atomic E-state index is -0.402. The number of amides is 1.